The summed E-state index contributed by atoms with van der Waals surface area (Å²) in [7, 11) is 0. The van der Waals surface area contributed by atoms with Crippen LogP contribution >= 0.6 is 12.2 Å². The van der Waals surface area contributed by atoms with Crippen molar-refractivity contribution >= 4 is 12.2 Å². The standard InChI is InChI=1S/C10H10FN3S/c1-5(2)6-3-7-9(14-10(6)15)13-8(11)4-12-7/h3-5H,1-2H3,(H,13,14,15). The molecule has 0 aliphatic carbocycles. The monoisotopic (exact) mass is 223 g/mol. The molecule has 0 atom stereocenters. The zero-order chi connectivity index (χ0) is 11.0. The van der Waals surface area contributed by atoms with Gasteiger partial charge in [-0.1, -0.05) is 26.1 Å². The van der Waals surface area contributed by atoms with E-state index in [-0.39, 0.29) is 0 Å². The number of pyridine rings is 1. The molecule has 78 valence electrons. The Hall–Kier alpha value is -1.36. The fourth-order valence-corrected chi connectivity index (χ4v) is 1.76. The molecule has 0 spiro atoms. The van der Waals surface area contributed by atoms with E-state index in [2.05, 4.69) is 15.0 Å². The van der Waals surface area contributed by atoms with Gasteiger partial charge in [-0.25, -0.2) is 9.97 Å². The predicted octanol–water partition coefficient (Wildman–Crippen LogP) is 2.90. The van der Waals surface area contributed by atoms with Gasteiger partial charge in [0.1, 0.15) is 10.3 Å². The fourth-order valence-electron chi connectivity index (χ4n) is 1.38. The van der Waals surface area contributed by atoms with E-state index < -0.39 is 5.95 Å². The molecular formula is C10H10FN3S. The molecule has 5 heteroatoms. The van der Waals surface area contributed by atoms with Crippen molar-refractivity contribution in [2.75, 3.05) is 0 Å². The molecule has 0 fully saturated rings. The minimum atomic E-state index is -0.512. The summed E-state index contributed by atoms with van der Waals surface area (Å²) in [6, 6.07) is 1.85. The Labute approximate surface area is 91.7 Å². The van der Waals surface area contributed by atoms with Crippen LogP contribution in [0.1, 0.15) is 25.3 Å². The van der Waals surface area contributed by atoms with Crippen LogP contribution in [0.25, 0.3) is 11.5 Å². The van der Waals surface area contributed by atoms with Gasteiger partial charge in [-0.05, 0) is 17.5 Å². The van der Waals surface area contributed by atoms with Gasteiger partial charge in [-0.2, -0.15) is 4.39 Å². The van der Waals surface area contributed by atoms with Crippen LogP contribution in [0.4, 0.5) is 4.39 Å². The van der Waals surface area contributed by atoms with Gasteiger partial charge in [0, 0.05) is 0 Å². The van der Waals surface area contributed by atoms with Crippen LogP contribution in [0.15, 0.2) is 12.3 Å². The summed E-state index contributed by atoms with van der Waals surface area (Å²) in [4.78, 5) is 10.6. The van der Waals surface area contributed by atoms with Crippen molar-refractivity contribution < 1.29 is 4.39 Å². The molecular weight excluding hydrogens is 213 g/mol. The van der Waals surface area contributed by atoms with Gasteiger partial charge in [0.2, 0.25) is 5.95 Å². The first-order chi connectivity index (χ1) is 7.08. The Morgan fingerprint density at radius 3 is 2.87 bits per heavy atom. The van der Waals surface area contributed by atoms with Gasteiger partial charge in [0.05, 0.1) is 6.20 Å². The molecule has 0 saturated heterocycles. The molecule has 2 heterocycles. The number of nitrogens with one attached hydrogen (secondary N) is 1. The molecule has 0 amide bonds. The fraction of sp³-hybridized carbons (Fsp3) is 0.300. The number of aromatic amines is 1. The molecule has 0 saturated carbocycles. The molecule has 0 aromatic rings. The van der Waals surface area contributed by atoms with Gasteiger partial charge >= 0.3 is 0 Å². The molecule has 0 aromatic heterocycles. The zero-order valence-electron chi connectivity index (χ0n) is 8.41. The van der Waals surface area contributed by atoms with Crippen molar-refractivity contribution in [2.24, 2.45) is 0 Å². The first-order valence-electron chi connectivity index (χ1n) is 4.63. The van der Waals surface area contributed by atoms with Crippen LogP contribution in [0.3, 0.4) is 0 Å². The van der Waals surface area contributed by atoms with Crippen LogP contribution < -0.4 is 0 Å². The number of H-pyrrole nitrogens is 1. The van der Waals surface area contributed by atoms with Crippen molar-refractivity contribution in [1.82, 2.24) is 15.0 Å². The number of hydrogen-bond acceptors (Lipinski definition) is 3. The summed E-state index contributed by atoms with van der Waals surface area (Å²) >= 11 is 5.12. The van der Waals surface area contributed by atoms with Gasteiger partial charge < -0.3 is 4.98 Å². The molecule has 3 nitrogen and oxygen atoms in total. The van der Waals surface area contributed by atoms with E-state index in [1.165, 1.54) is 0 Å². The van der Waals surface area contributed by atoms with Crippen molar-refractivity contribution in [3.63, 3.8) is 0 Å². The molecule has 15 heavy (non-hydrogen) atoms. The number of halogens is 1. The molecule has 0 aromatic carbocycles. The van der Waals surface area contributed by atoms with E-state index in [0.717, 1.165) is 11.8 Å². The van der Waals surface area contributed by atoms with Crippen molar-refractivity contribution in [1.29, 1.82) is 0 Å². The van der Waals surface area contributed by atoms with Crippen LogP contribution in [0.5, 0.6) is 0 Å². The number of hydrogen-bond donors (Lipinski definition) is 1. The lowest BCUT2D eigenvalue weighted by Crippen LogP contribution is -2.01. The minimum absolute atomic E-state index is 0.293. The largest absolute Gasteiger partial charge is 0.314 e. The molecule has 2 aliphatic heterocycles. The highest BCUT2D eigenvalue weighted by atomic mass is 32.1. The van der Waals surface area contributed by atoms with E-state index in [0.29, 0.717) is 22.1 Å². The molecule has 1 N–H and O–H groups in total. The van der Waals surface area contributed by atoms with Gasteiger partial charge in [-0.15, -0.1) is 0 Å². The summed E-state index contributed by atoms with van der Waals surface area (Å²) < 4.78 is 13.3. The lowest BCUT2D eigenvalue weighted by atomic mass is 10.0. The van der Waals surface area contributed by atoms with Crippen LogP contribution in [-0.4, -0.2) is 15.0 Å². The Bertz CT molecular complexity index is 521. The third-order valence-electron chi connectivity index (χ3n) is 2.17. The normalized spacial score (nSPS) is 11.2. The predicted molar refractivity (Wildman–Crippen MR) is 57.9 cm³/mol. The maximum absolute atomic E-state index is 12.8. The molecule has 2 rings (SSSR count). The summed E-state index contributed by atoms with van der Waals surface area (Å²) in [5.41, 5.74) is 1.60. The van der Waals surface area contributed by atoms with Crippen LogP contribution in [0.2, 0.25) is 0 Å². The first-order valence-corrected chi connectivity index (χ1v) is 5.04. The topological polar surface area (TPSA) is 41.6 Å². The number of fused-ring (bicyclic) bond motifs is 1. The minimum Gasteiger partial charge on any atom is -0.314 e. The Morgan fingerprint density at radius 1 is 1.47 bits per heavy atom. The highest BCUT2D eigenvalue weighted by Gasteiger charge is 2.11. The Balaban J connectivity index is 2.73. The molecule has 0 unspecified atom stereocenters. The third-order valence-corrected chi connectivity index (χ3v) is 2.50. The number of rotatable bonds is 1. The molecule has 0 bridgehead atoms. The van der Waals surface area contributed by atoms with E-state index in [1.54, 1.807) is 0 Å². The van der Waals surface area contributed by atoms with E-state index in [1.807, 2.05) is 19.9 Å². The van der Waals surface area contributed by atoms with E-state index in [9.17, 15) is 4.39 Å². The van der Waals surface area contributed by atoms with E-state index >= 15 is 0 Å². The van der Waals surface area contributed by atoms with Crippen LogP contribution in [-0.2, 0) is 0 Å². The summed E-state index contributed by atoms with van der Waals surface area (Å²) in [5.74, 6) is 0.173. The van der Waals surface area contributed by atoms with Gasteiger partial charge in [0.25, 0.3) is 0 Å². The van der Waals surface area contributed by atoms with Crippen molar-refractivity contribution in [2.45, 2.75) is 19.8 Å². The maximum atomic E-state index is 12.8. The van der Waals surface area contributed by atoms with E-state index in [4.69, 9.17) is 12.2 Å². The third kappa shape index (κ3) is 1.87. The lowest BCUT2D eigenvalue weighted by molar-refractivity contribution is 0.575. The average Bonchev–Trinajstić information content (AvgIpc) is 2.15. The average molecular weight is 223 g/mol. The molecule has 2 aliphatic rings. The Kier molecular flexibility index (Phi) is 2.48. The second kappa shape index (κ2) is 3.66. The summed E-state index contributed by atoms with van der Waals surface area (Å²) in [5, 5.41) is 0. The zero-order valence-corrected chi connectivity index (χ0v) is 9.23. The van der Waals surface area contributed by atoms with Crippen molar-refractivity contribution in [3.05, 3.63) is 28.4 Å². The highest BCUT2D eigenvalue weighted by molar-refractivity contribution is 7.71. The lowest BCUT2D eigenvalue weighted by Gasteiger charge is -2.09. The maximum Gasteiger partial charge on any atom is 0.211 e. The quantitative estimate of drug-likeness (QED) is 0.756. The molecule has 0 radical (unpaired) electrons. The highest BCUT2D eigenvalue weighted by Crippen LogP contribution is 2.22. The SMILES string of the molecule is CC(C)c1cc2ncc(F)[nH]c-2nc1=S. The number of nitrogens with zero attached hydrogens (tertiary/aromatic N) is 2. The van der Waals surface area contributed by atoms with Crippen molar-refractivity contribution in [3.8, 4) is 11.5 Å². The van der Waals surface area contributed by atoms with Gasteiger partial charge in [-0.3, -0.25) is 0 Å². The number of aromatic nitrogens is 3. The second-order valence-corrected chi connectivity index (χ2v) is 4.02. The Morgan fingerprint density at radius 2 is 2.20 bits per heavy atom. The van der Waals surface area contributed by atoms with Gasteiger partial charge in [0.15, 0.2) is 5.82 Å². The second-order valence-electron chi connectivity index (χ2n) is 3.64. The smallest absolute Gasteiger partial charge is 0.211 e. The first kappa shape index (κ1) is 10.2. The summed E-state index contributed by atoms with van der Waals surface area (Å²) in [6.45, 7) is 4.07. The summed E-state index contributed by atoms with van der Waals surface area (Å²) in [6.07, 6.45) is 1.14. The van der Waals surface area contributed by atoms with Crippen LogP contribution in [0, 0.1) is 10.6 Å².